The number of amides is 1. The van der Waals surface area contributed by atoms with Crippen molar-refractivity contribution in [1.82, 2.24) is 5.32 Å². The van der Waals surface area contributed by atoms with E-state index in [9.17, 15) is 15.0 Å². The largest absolute Gasteiger partial charge is 0.480 e. The molecule has 0 aromatic heterocycles. The molecular formula is C33H35ClF2N2O4. The Morgan fingerprint density at radius 1 is 1.17 bits per heavy atom. The zero-order valence-corrected chi connectivity index (χ0v) is 24.4. The molecule has 6 rings (SSSR count). The molecule has 1 saturated carbocycles. The van der Waals surface area contributed by atoms with Crippen molar-refractivity contribution in [1.29, 1.82) is 0 Å². The van der Waals surface area contributed by atoms with Crippen molar-refractivity contribution in [2.45, 2.75) is 75.7 Å². The molecule has 1 aliphatic heterocycles. The van der Waals surface area contributed by atoms with Crippen LogP contribution in [0, 0.1) is 17.6 Å². The van der Waals surface area contributed by atoms with E-state index in [1.807, 2.05) is 37.3 Å². The van der Waals surface area contributed by atoms with Crippen molar-refractivity contribution >= 4 is 17.5 Å². The maximum atomic E-state index is 16.4. The lowest BCUT2D eigenvalue weighted by Gasteiger charge is -2.36. The van der Waals surface area contributed by atoms with Gasteiger partial charge in [0.1, 0.15) is 17.4 Å². The van der Waals surface area contributed by atoms with Gasteiger partial charge in [-0.05, 0) is 62.1 Å². The van der Waals surface area contributed by atoms with Gasteiger partial charge in [-0.2, -0.15) is 0 Å². The number of carbonyl (C=O) groups excluding carboxylic acids is 1. The molecule has 222 valence electrons. The molecule has 1 heterocycles. The van der Waals surface area contributed by atoms with Crippen molar-refractivity contribution in [3.63, 3.8) is 0 Å². The minimum atomic E-state index is -1.08. The zero-order chi connectivity index (χ0) is 30.0. The van der Waals surface area contributed by atoms with E-state index in [0.29, 0.717) is 36.9 Å². The van der Waals surface area contributed by atoms with Crippen LogP contribution in [-0.2, 0) is 18.4 Å². The van der Waals surface area contributed by atoms with Gasteiger partial charge in [-0.25, -0.2) is 8.78 Å². The number of primary amides is 1. The number of fused-ring (bicyclic) bond motifs is 2. The highest BCUT2D eigenvalue weighted by Gasteiger charge is 2.45. The third kappa shape index (κ3) is 4.88. The van der Waals surface area contributed by atoms with Crippen molar-refractivity contribution in [3.05, 3.63) is 86.9 Å². The van der Waals surface area contributed by atoms with Crippen LogP contribution in [0.25, 0.3) is 11.1 Å². The van der Waals surface area contributed by atoms with Crippen LogP contribution in [0.2, 0.25) is 5.02 Å². The van der Waals surface area contributed by atoms with Crippen molar-refractivity contribution in [2.75, 3.05) is 6.54 Å². The van der Waals surface area contributed by atoms with Gasteiger partial charge in [-0.1, -0.05) is 48.9 Å². The Morgan fingerprint density at radius 3 is 2.52 bits per heavy atom. The van der Waals surface area contributed by atoms with Gasteiger partial charge in [0.05, 0.1) is 22.3 Å². The number of hydrogen-bond acceptors (Lipinski definition) is 5. The lowest BCUT2D eigenvalue weighted by molar-refractivity contribution is 0.0104. The van der Waals surface area contributed by atoms with E-state index >= 15 is 8.78 Å². The minimum absolute atomic E-state index is 0.0130. The highest BCUT2D eigenvalue weighted by atomic mass is 35.5. The Balaban J connectivity index is 1.47. The van der Waals surface area contributed by atoms with Crippen LogP contribution in [0.1, 0.15) is 78.2 Å². The van der Waals surface area contributed by atoms with E-state index < -0.39 is 34.8 Å². The van der Waals surface area contributed by atoms with Crippen LogP contribution in [0.15, 0.2) is 42.5 Å². The summed E-state index contributed by atoms with van der Waals surface area (Å²) in [6.45, 7) is 4.01. The SMILES string of the molecule is CC1Cc2cc(C(N)=O)c(-c3c(Cl)c(F)cc4c3C[C@@](CNC3CCC(C)(O)CC3)(c3ccccc3)O4)c(F)c2C1O. The second kappa shape index (κ2) is 10.6. The fourth-order valence-electron chi connectivity index (χ4n) is 6.94. The van der Waals surface area contributed by atoms with Crippen LogP contribution < -0.4 is 15.8 Å². The number of carbonyl (C=O) groups is 1. The summed E-state index contributed by atoms with van der Waals surface area (Å²) >= 11 is 6.59. The molecule has 1 amide bonds. The average molecular weight is 597 g/mol. The molecule has 2 aliphatic carbocycles. The van der Waals surface area contributed by atoms with Gasteiger partial charge in [-0.3, -0.25) is 4.79 Å². The minimum Gasteiger partial charge on any atom is -0.480 e. The van der Waals surface area contributed by atoms with Crippen LogP contribution >= 0.6 is 11.6 Å². The molecule has 2 unspecified atom stereocenters. The van der Waals surface area contributed by atoms with Gasteiger partial charge in [0.2, 0.25) is 5.91 Å². The van der Waals surface area contributed by atoms with E-state index in [0.717, 1.165) is 18.4 Å². The standard InChI is InChI=1S/C33H35ClF2N2O4/c1-17-12-18-13-21(31(37)40)27(29(36)25(18)30(17)39)26-22-15-33(19-6-4-3-5-7-19,42-24(22)14-23(35)28(26)34)16-38-20-8-10-32(2,41)11-9-20/h3-7,13-14,17,20,30,38-39,41H,8-12,15-16H2,1-2H3,(H2,37,40)/t17?,20?,30?,32?,33-/m1/s1. The predicted molar refractivity (Wildman–Crippen MR) is 156 cm³/mol. The highest BCUT2D eigenvalue weighted by Crippen LogP contribution is 2.52. The number of hydrogen-bond donors (Lipinski definition) is 4. The van der Waals surface area contributed by atoms with Gasteiger partial charge in [-0.15, -0.1) is 0 Å². The first-order chi connectivity index (χ1) is 19.9. The van der Waals surface area contributed by atoms with E-state index in [1.165, 1.54) is 12.1 Å². The summed E-state index contributed by atoms with van der Waals surface area (Å²) < 4.78 is 38.5. The first kappa shape index (κ1) is 29.1. The molecule has 42 heavy (non-hydrogen) atoms. The smallest absolute Gasteiger partial charge is 0.249 e. The van der Waals surface area contributed by atoms with Gasteiger partial charge >= 0.3 is 0 Å². The molecule has 9 heteroatoms. The number of aliphatic hydroxyl groups is 2. The molecule has 3 aromatic rings. The van der Waals surface area contributed by atoms with Crippen molar-refractivity contribution in [3.8, 4) is 16.9 Å². The summed E-state index contributed by atoms with van der Waals surface area (Å²) in [5.41, 5.74) is 5.65. The first-order valence-corrected chi connectivity index (χ1v) is 14.8. The lowest BCUT2D eigenvalue weighted by atomic mass is 9.82. The monoisotopic (exact) mass is 596 g/mol. The summed E-state index contributed by atoms with van der Waals surface area (Å²) in [6, 6.07) is 12.4. The second-order valence-corrected chi connectivity index (χ2v) is 12.9. The first-order valence-electron chi connectivity index (χ1n) is 14.5. The van der Waals surface area contributed by atoms with Crippen LogP contribution in [0.3, 0.4) is 0 Å². The third-order valence-corrected chi connectivity index (χ3v) is 9.74. The molecule has 0 spiro atoms. The van der Waals surface area contributed by atoms with Gasteiger partial charge in [0, 0.05) is 47.3 Å². The Morgan fingerprint density at radius 2 is 1.86 bits per heavy atom. The fourth-order valence-corrected chi connectivity index (χ4v) is 7.21. The molecule has 3 atom stereocenters. The quantitative estimate of drug-likeness (QED) is 0.291. The average Bonchev–Trinajstić information content (AvgIpc) is 3.46. The molecule has 0 radical (unpaired) electrons. The van der Waals surface area contributed by atoms with E-state index in [2.05, 4.69) is 5.32 Å². The highest BCUT2D eigenvalue weighted by molar-refractivity contribution is 6.34. The van der Waals surface area contributed by atoms with Crippen molar-refractivity contribution < 1.29 is 28.5 Å². The second-order valence-electron chi connectivity index (χ2n) is 12.5. The molecule has 0 bridgehead atoms. The number of halogens is 3. The Hall–Kier alpha value is -3.04. The summed E-state index contributed by atoms with van der Waals surface area (Å²) in [7, 11) is 0. The van der Waals surface area contributed by atoms with Crippen molar-refractivity contribution in [2.24, 2.45) is 11.7 Å². The summed E-state index contributed by atoms with van der Waals surface area (Å²) in [5.74, 6) is -2.58. The summed E-state index contributed by atoms with van der Waals surface area (Å²) in [5, 5.41) is 24.5. The fraction of sp³-hybridized carbons (Fsp3) is 0.424. The van der Waals surface area contributed by atoms with E-state index in [4.69, 9.17) is 22.1 Å². The number of nitrogens with two attached hydrogens (primary N) is 1. The van der Waals surface area contributed by atoms with Gasteiger partial charge < -0.3 is 26.0 Å². The number of nitrogens with one attached hydrogen (secondary N) is 1. The normalized spacial score (nSPS) is 28.3. The summed E-state index contributed by atoms with van der Waals surface area (Å²) in [6.07, 6.45) is 2.44. The number of benzene rings is 3. The maximum Gasteiger partial charge on any atom is 0.249 e. The van der Waals surface area contributed by atoms with Gasteiger partial charge in [0.25, 0.3) is 0 Å². The maximum absolute atomic E-state index is 16.4. The number of rotatable bonds is 6. The molecule has 3 aliphatic rings. The van der Waals surface area contributed by atoms with Crippen LogP contribution in [-0.4, -0.2) is 34.3 Å². The lowest BCUT2D eigenvalue weighted by Crippen LogP contribution is -2.48. The molecule has 1 fully saturated rings. The third-order valence-electron chi connectivity index (χ3n) is 9.37. The molecule has 3 aromatic carbocycles. The Labute approximate surface area is 248 Å². The molecular weight excluding hydrogens is 562 g/mol. The van der Waals surface area contributed by atoms with E-state index in [-0.39, 0.29) is 51.4 Å². The molecule has 5 N–H and O–H groups in total. The van der Waals surface area contributed by atoms with Crippen LogP contribution in [0.4, 0.5) is 8.78 Å². The van der Waals surface area contributed by atoms with Crippen LogP contribution in [0.5, 0.6) is 5.75 Å². The topological polar surface area (TPSA) is 105 Å². The predicted octanol–water partition coefficient (Wildman–Crippen LogP) is 5.72. The van der Waals surface area contributed by atoms with Gasteiger partial charge in [0.15, 0.2) is 5.60 Å². The summed E-state index contributed by atoms with van der Waals surface area (Å²) in [4.78, 5) is 12.7. The number of ether oxygens (including phenoxy) is 1. The molecule has 0 saturated heterocycles. The number of aliphatic hydroxyl groups excluding tert-OH is 1. The van der Waals surface area contributed by atoms with E-state index in [1.54, 1.807) is 6.92 Å². The molecule has 6 nitrogen and oxygen atoms in total. The Kier molecular flexibility index (Phi) is 7.33. The Bertz CT molecular complexity index is 1550. The zero-order valence-electron chi connectivity index (χ0n) is 23.6.